The van der Waals surface area contributed by atoms with E-state index in [0.29, 0.717) is 0 Å². The number of piperidine rings is 1. The number of nitrogens with zero attached hydrogens (tertiary/aromatic N) is 4. The summed E-state index contributed by atoms with van der Waals surface area (Å²) >= 11 is 1.60. The van der Waals surface area contributed by atoms with E-state index in [0.717, 1.165) is 63.1 Å². The minimum Gasteiger partial charge on any atom is -0.468 e. The van der Waals surface area contributed by atoms with Crippen molar-refractivity contribution in [1.29, 1.82) is 0 Å². The first-order valence-corrected chi connectivity index (χ1v) is 8.61. The van der Waals surface area contributed by atoms with Crippen LogP contribution in [0.4, 0.5) is 5.13 Å². The highest BCUT2D eigenvalue weighted by Gasteiger charge is 2.41. The Labute approximate surface area is 133 Å². The van der Waals surface area contributed by atoms with Crippen LogP contribution in [0.3, 0.4) is 0 Å². The smallest absolute Gasteiger partial charge is 0.208 e. The van der Waals surface area contributed by atoms with Gasteiger partial charge in [0.1, 0.15) is 11.3 Å². The molecule has 2 aromatic rings. The van der Waals surface area contributed by atoms with Crippen molar-refractivity contribution in [3.63, 3.8) is 0 Å². The lowest BCUT2D eigenvalue weighted by molar-refractivity contribution is -0.117. The molecule has 2 aliphatic rings. The van der Waals surface area contributed by atoms with Crippen molar-refractivity contribution in [2.45, 2.75) is 25.0 Å². The van der Waals surface area contributed by atoms with Crippen LogP contribution in [0.1, 0.15) is 18.6 Å². The summed E-state index contributed by atoms with van der Waals surface area (Å²) in [7, 11) is 0. The van der Waals surface area contributed by atoms with Crippen molar-refractivity contribution in [2.24, 2.45) is 0 Å². The number of hydrogen-bond donors (Lipinski definition) is 0. The Balaban J connectivity index is 1.45. The standard InChI is InChI=1S/C15H20N4O2S/c1-3-13(20-7-1)9-18-6-8-21-15(10-18)4-2-5-19(11-15)14-17-16-12-22-14/h1,3,7,12H,2,4-6,8-11H2. The third-order valence-electron chi connectivity index (χ3n) is 4.45. The van der Waals surface area contributed by atoms with Gasteiger partial charge >= 0.3 is 0 Å². The van der Waals surface area contributed by atoms with E-state index in [1.165, 1.54) is 0 Å². The molecule has 4 rings (SSSR count). The molecule has 0 bridgehead atoms. The van der Waals surface area contributed by atoms with E-state index >= 15 is 0 Å². The molecule has 1 unspecified atom stereocenters. The second-order valence-electron chi connectivity index (χ2n) is 6.07. The Morgan fingerprint density at radius 3 is 3.14 bits per heavy atom. The largest absolute Gasteiger partial charge is 0.468 e. The van der Waals surface area contributed by atoms with Crippen molar-refractivity contribution in [1.82, 2.24) is 15.1 Å². The molecule has 0 aliphatic carbocycles. The highest BCUT2D eigenvalue weighted by molar-refractivity contribution is 7.13. The normalized spacial score (nSPS) is 26.6. The van der Waals surface area contributed by atoms with Crippen LogP contribution in [0, 0.1) is 0 Å². The monoisotopic (exact) mass is 320 g/mol. The Hall–Kier alpha value is -1.44. The molecule has 0 amide bonds. The van der Waals surface area contributed by atoms with E-state index in [2.05, 4.69) is 20.0 Å². The topological polar surface area (TPSA) is 54.6 Å². The van der Waals surface area contributed by atoms with Gasteiger partial charge in [0.15, 0.2) is 0 Å². The summed E-state index contributed by atoms with van der Waals surface area (Å²) in [5, 5.41) is 9.17. The molecule has 6 nitrogen and oxygen atoms in total. The van der Waals surface area contributed by atoms with Gasteiger partial charge in [-0.15, -0.1) is 10.2 Å². The molecule has 2 aromatic heterocycles. The van der Waals surface area contributed by atoms with Gasteiger partial charge in [0.05, 0.1) is 31.6 Å². The van der Waals surface area contributed by atoms with E-state index in [9.17, 15) is 0 Å². The number of hydrogen-bond acceptors (Lipinski definition) is 7. The lowest BCUT2D eigenvalue weighted by Crippen LogP contribution is -2.59. The van der Waals surface area contributed by atoms with Crippen LogP contribution in [0.15, 0.2) is 28.3 Å². The van der Waals surface area contributed by atoms with Crippen LogP contribution >= 0.6 is 11.3 Å². The molecule has 1 spiro atoms. The third-order valence-corrected chi connectivity index (χ3v) is 5.20. The first-order valence-electron chi connectivity index (χ1n) is 7.73. The average molecular weight is 320 g/mol. The van der Waals surface area contributed by atoms with Gasteiger partial charge in [-0.05, 0) is 25.0 Å². The Morgan fingerprint density at radius 2 is 2.32 bits per heavy atom. The molecular weight excluding hydrogens is 300 g/mol. The predicted molar refractivity (Wildman–Crippen MR) is 84.0 cm³/mol. The van der Waals surface area contributed by atoms with Crippen LogP contribution in [-0.2, 0) is 11.3 Å². The molecule has 0 N–H and O–H groups in total. The Kier molecular flexibility index (Phi) is 3.85. The highest BCUT2D eigenvalue weighted by atomic mass is 32.1. The second kappa shape index (κ2) is 5.98. The molecule has 0 saturated carbocycles. The zero-order valence-corrected chi connectivity index (χ0v) is 13.3. The van der Waals surface area contributed by atoms with Crippen molar-refractivity contribution in [3.8, 4) is 0 Å². The van der Waals surface area contributed by atoms with E-state index in [1.54, 1.807) is 23.1 Å². The molecule has 7 heteroatoms. The number of anilines is 1. The number of aromatic nitrogens is 2. The lowest BCUT2D eigenvalue weighted by Gasteiger charge is -2.47. The van der Waals surface area contributed by atoms with Crippen LogP contribution in [-0.4, -0.2) is 53.5 Å². The Morgan fingerprint density at radius 1 is 1.32 bits per heavy atom. The molecule has 22 heavy (non-hydrogen) atoms. The Bertz CT molecular complexity index is 585. The third kappa shape index (κ3) is 2.88. The summed E-state index contributed by atoms with van der Waals surface area (Å²) in [5.74, 6) is 1.02. The fourth-order valence-electron chi connectivity index (χ4n) is 3.49. The minimum absolute atomic E-state index is 0.0885. The van der Waals surface area contributed by atoms with E-state index in [1.807, 2.05) is 12.1 Å². The van der Waals surface area contributed by atoms with Gasteiger partial charge in [-0.2, -0.15) is 0 Å². The maximum atomic E-state index is 6.23. The lowest BCUT2D eigenvalue weighted by atomic mass is 9.91. The van der Waals surface area contributed by atoms with E-state index in [-0.39, 0.29) is 5.60 Å². The quantitative estimate of drug-likeness (QED) is 0.862. The van der Waals surface area contributed by atoms with Crippen molar-refractivity contribution >= 4 is 16.5 Å². The van der Waals surface area contributed by atoms with Crippen LogP contribution in [0.2, 0.25) is 0 Å². The molecule has 1 atom stereocenters. The molecule has 2 saturated heterocycles. The van der Waals surface area contributed by atoms with Gasteiger partial charge in [0, 0.05) is 19.6 Å². The van der Waals surface area contributed by atoms with Crippen molar-refractivity contribution in [3.05, 3.63) is 29.7 Å². The first-order chi connectivity index (χ1) is 10.8. The average Bonchev–Trinajstić information content (AvgIpc) is 3.21. The molecule has 2 aliphatic heterocycles. The molecular formula is C15H20N4O2S. The second-order valence-corrected chi connectivity index (χ2v) is 6.88. The van der Waals surface area contributed by atoms with Gasteiger partial charge < -0.3 is 14.1 Å². The molecule has 118 valence electrons. The maximum Gasteiger partial charge on any atom is 0.208 e. The summed E-state index contributed by atoms with van der Waals surface area (Å²) in [6.45, 7) is 5.49. The fourth-order valence-corrected chi connectivity index (χ4v) is 4.08. The summed E-state index contributed by atoms with van der Waals surface area (Å²) in [5.41, 5.74) is 1.70. The molecule has 4 heterocycles. The van der Waals surface area contributed by atoms with Crippen LogP contribution in [0.5, 0.6) is 0 Å². The zero-order chi connectivity index (χ0) is 14.8. The summed E-state index contributed by atoms with van der Waals surface area (Å²) < 4.78 is 11.7. The fraction of sp³-hybridized carbons (Fsp3) is 0.600. The number of ether oxygens (including phenoxy) is 1. The molecule has 0 aromatic carbocycles. The van der Waals surface area contributed by atoms with Crippen LogP contribution in [0.25, 0.3) is 0 Å². The van der Waals surface area contributed by atoms with Gasteiger partial charge in [-0.25, -0.2) is 0 Å². The SMILES string of the molecule is c1coc(CN2CCOC3(CCCN(c4nncs4)C3)C2)c1. The first kappa shape index (κ1) is 14.2. The summed E-state index contributed by atoms with van der Waals surface area (Å²) in [6, 6.07) is 3.99. The van der Waals surface area contributed by atoms with Crippen molar-refractivity contribution in [2.75, 3.05) is 37.7 Å². The van der Waals surface area contributed by atoms with E-state index in [4.69, 9.17) is 9.15 Å². The van der Waals surface area contributed by atoms with Gasteiger partial charge in [-0.1, -0.05) is 11.3 Å². The minimum atomic E-state index is -0.0885. The van der Waals surface area contributed by atoms with Gasteiger partial charge in [-0.3, -0.25) is 4.90 Å². The van der Waals surface area contributed by atoms with Crippen LogP contribution < -0.4 is 4.90 Å². The van der Waals surface area contributed by atoms with Gasteiger partial charge in [0.2, 0.25) is 5.13 Å². The number of morpholine rings is 1. The summed E-state index contributed by atoms with van der Waals surface area (Å²) in [4.78, 5) is 4.75. The number of rotatable bonds is 3. The zero-order valence-electron chi connectivity index (χ0n) is 12.5. The predicted octanol–water partition coefficient (Wildman–Crippen LogP) is 2.00. The highest BCUT2D eigenvalue weighted by Crippen LogP contribution is 2.32. The van der Waals surface area contributed by atoms with E-state index < -0.39 is 0 Å². The summed E-state index contributed by atoms with van der Waals surface area (Å²) in [6.07, 6.45) is 3.98. The molecule has 2 fully saturated rings. The molecule has 0 radical (unpaired) electrons. The number of furan rings is 1. The van der Waals surface area contributed by atoms with Crippen molar-refractivity contribution < 1.29 is 9.15 Å². The van der Waals surface area contributed by atoms with Gasteiger partial charge in [0.25, 0.3) is 0 Å². The maximum absolute atomic E-state index is 6.23.